The summed E-state index contributed by atoms with van der Waals surface area (Å²) in [6, 6.07) is 0. The van der Waals surface area contributed by atoms with Crippen molar-refractivity contribution in [2.45, 2.75) is 59.8 Å². The van der Waals surface area contributed by atoms with Gasteiger partial charge in [0, 0.05) is 12.1 Å². The van der Waals surface area contributed by atoms with Crippen LogP contribution < -0.4 is 4.90 Å². The van der Waals surface area contributed by atoms with Crippen LogP contribution in [0.1, 0.15) is 58.4 Å². The summed E-state index contributed by atoms with van der Waals surface area (Å²) in [5.41, 5.74) is -1.47. The fraction of sp³-hybridized carbons (Fsp3) is 0.684. The Morgan fingerprint density at radius 3 is 2.04 bits per heavy atom. The lowest BCUT2D eigenvalue weighted by Gasteiger charge is -2.27. The predicted molar refractivity (Wildman–Crippen MR) is 91.4 cm³/mol. The van der Waals surface area contributed by atoms with E-state index in [4.69, 9.17) is 0 Å². The van der Waals surface area contributed by atoms with Crippen LogP contribution in [0.2, 0.25) is 0 Å². The molecule has 1 rings (SSSR count). The van der Waals surface area contributed by atoms with Gasteiger partial charge < -0.3 is 4.90 Å². The summed E-state index contributed by atoms with van der Waals surface area (Å²) in [7, 11) is 0. The predicted octanol–water partition coefficient (Wildman–Crippen LogP) is 6.53. The first kappa shape index (κ1) is 21.7. The second-order valence-corrected chi connectivity index (χ2v) is 6.82. The van der Waals surface area contributed by atoms with E-state index in [-0.39, 0.29) is 12.5 Å². The van der Waals surface area contributed by atoms with Crippen LogP contribution >= 0.6 is 0 Å². The molecule has 1 aromatic rings. The van der Waals surface area contributed by atoms with Gasteiger partial charge in [-0.1, -0.05) is 46.5 Å². The zero-order chi connectivity index (χ0) is 19.1. The molecular weight excluding hydrogens is 337 g/mol. The first-order valence-electron chi connectivity index (χ1n) is 8.91. The molecule has 0 saturated carbocycles. The van der Waals surface area contributed by atoms with Gasteiger partial charge in [0.1, 0.15) is 5.69 Å². The second-order valence-electron chi connectivity index (χ2n) is 6.82. The van der Waals surface area contributed by atoms with E-state index in [0.717, 1.165) is 43.9 Å². The van der Waals surface area contributed by atoms with Gasteiger partial charge in [-0.05, 0) is 25.2 Å². The van der Waals surface area contributed by atoms with E-state index >= 15 is 0 Å². The fourth-order valence-electron chi connectivity index (χ4n) is 3.16. The SMILES string of the molecule is CCCC(CC)CCC(C)CN(CF)c1c(F)c(C)c(F)c(F)c1F. The number of anilines is 1. The van der Waals surface area contributed by atoms with Gasteiger partial charge in [0.05, 0.1) is 0 Å². The van der Waals surface area contributed by atoms with E-state index in [2.05, 4.69) is 13.8 Å². The van der Waals surface area contributed by atoms with Gasteiger partial charge in [-0.15, -0.1) is 0 Å². The summed E-state index contributed by atoms with van der Waals surface area (Å²) in [5, 5.41) is 0. The minimum atomic E-state index is -1.77. The number of hydrogen-bond donors (Lipinski definition) is 0. The maximum Gasteiger partial charge on any atom is 0.197 e. The Kier molecular flexibility index (Phi) is 8.66. The minimum absolute atomic E-state index is 0.0334. The third-order valence-corrected chi connectivity index (χ3v) is 4.79. The zero-order valence-corrected chi connectivity index (χ0v) is 15.4. The lowest BCUT2D eigenvalue weighted by Crippen LogP contribution is -2.30. The molecule has 1 aromatic carbocycles. The third-order valence-electron chi connectivity index (χ3n) is 4.79. The summed E-state index contributed by atoms with van der Waals surface area (Å²) >= 11 is 0. The van der Waals surface area contributed by atoms with Crippen LogP contribution in [0.3, 0.4) is 0 Å². The monoisotopic (exact) mass is 365 g/mol. The Morgan fingerprint density at radius 2 is 1.52 bits per heavy atom. The molecule has 25 heavy (non-hydrogen) atoms. The van der Waals surface area contributed by atoms with Crippen molar-refractivity contribution in [2.24, 2.45) is 11.8 Å². The van der Waals surface area contributed by atoms with Crippen molar-refractivity contribution in [1.29, 1.82) is 0 Å². The first-order valence-corrected chi connectivity index (χ1v) is 8.91. The molecule has 144 valence electrons. The Bertz CT molecular complexity index is 532. The molecule has 0 bridgehead atoms. The van der Waals surface area contributed by atoms with E-state index in [1.54, 1.807) is 0 Å². The number of rotatable bonds is 10. The molecular formula is C19H28F5N. The number of halogens is 5. The first-order chi connectivity index (χ1) is 11.8. The van der Waals surface area contributed by atoms with Crippen LogP contribution in [-0.4, -0.2) is 13.3 Å². The molecule has 1 nitrogen and oxygen atoms in total. The topological polar surface area (TPSA) is 3.24 Å². The van der Waals surface area contributed by atoms with E-state index < -0.39 is 41.3 Å². The van der Waals surface area contributed by atoms with Crippen molar-refractivity contribution in [3.8, 4) is 0 Å². The van der Waals surface area contributed by atoms with Crippen molar-refractivity contribution < 1.29 is 22.0 Å². The lowest BCUT2D eigenvalue weighted by molar-refractivity contribution is 0.360. The van der Waals surface area contributed by atoms with Gasteiger partial charge in [-0.25, -0.2) is 22.0 Å². The van der Waals surface area contributed by atoms with Crippen LogP contribution in [0.5, 0.6) is 0 Å². The molecule has 0 heterocycles. The minimum Gasteiger partial charge on any atom is -0.339 e. The molecule has 0 radical (unpaired) electrons. The molecule has 0 aliphatic rings. The third kappa shape index (κ3) is 5.32. The van der Waals surface area contributed by atoms with Crippen LogP contribution in [0.15, 0.2) is 0 Å². The largest absolute Gasteiger partial charge is 0.339 e. The Morgan fingerprint density at radius 1 is 0.880 bits per heavy atom. The standard InChI is InChI=1S/C19H28F5N/c1-5-7-14(6-2)9-8-12(3)10-25(11-20)19-16(22)13(4)15(21)17(23)18(19)24/h12,14H,5-11H2,1-4H3. The van der Waals surface area contributed by atoms with Crippen molar-refractivity contribution in [2.75, 3.05) is 18.2 Å². The van der Waals surface area contributed by atoms with E-state index in [9.17, 15) is 22.0 Å². The summed E-state index contributed by atoms with van der Waals surface area (Å²) in [6.07, 6.45) is 4.99. The van der Waals surface area contributed by atoms with Crippen LogP contribution in [0.4, 0.5) is 27.6 Å². The van der Waals surface area contributed by atoms with Crippen molar-refractivity contribution in [3.05, 3.63) is 28.8 Å². The quantitative estimate of drug-likeness (QED) is 0.197. The maximum absolute atomic E-state index is 14.2. The smallest absolute Gasteiger partial charge is 0.197 e. The molecule has 0 N–H and O–H groups in total. The van der Waals surface area contributed by atoms with Crippen LogP contribution in [0, 0.1) is 42.0 Å². The summed E-state index contributed by atoms with van der Waals surface area (Å²) in [4.78, 5) is 0.811. The highest BCUT2D eigenvalue weighted by Gasteiger charge is 2.27. The number of hydrogen-bond acceptors (Lipinski definition) is 1. The molecule has 0 fully saturated rings. The summed E-state index contributed by atoms with van der Waals surface area (Å²) in [6.45, 7) is 5.98. The van der Waals surface area contributed by atoms with Gasteiger partial charge >= 0.3 is 0 Å². The molecule has 6 heteroatoms. The number of nitrogens with zero attached hydrogens (tertiary/aromatic N) is 1. The molecule has 2 atom stereocenters. The van der Waals surface area contributed by atoms with E-state index in [1.165, 1.54) is 0 Å². The number of alkyl halides is 1. The normalized spacial score (nSPS) is 13.8. The van der Waals surface area contributed by atoms with E-state index in [1.807, 2.05) is 6.92 Å². The molecule has 0 aliphatic carbocycles. The van der Waals surface area contributed by atoms with Gasteiger partial charge in [-0.2, -0.15) is 0 Å². The van der Waals surface area contributed by atoms with Gasteiger partial charge in [-0.3, -0.25) is 0 Å². The van der Waals surface area contributed by atoms with Gasteiger partial charge in [0.25, 0.3) is 0 Å². The van der Waals surface area contributed by atoms with Crippen molar-refractivity contribution in [1.82, 2.24) is 0 Å². The highest BCUT2D eigenvalue weighted by Crippen LogP contribution is 2.32. The van der Waals surface area contributed by atoms with Crippen molar-refractivity contribution >= 4 is 5.69 Å². The maximum atomic E-state index is 14.2. The van der Waals surface area contributed by atoms with Crippen LogP contribution in [0.25, 0.3) is 0 Å². The summed E-state index contributed by atoms with van der Waals surface area (Å²) < 4.78 is 68.6. The number of benzene rings is 1. The average Bonchev–Trinajstić information content (AvgIpc) is 2.60. The fourth-order valence-corrected chi connectivity index (χ4v) is 3.16. The van der Waals surface area contributed by atoms with Gasteiger partial charge in [0.15, 0.2) is 30.1 Å². The highest BCUT2D eigenvalue weighted by atomic mass is 19.2. The molecule has 0 aliphatic heterocycles. The van der Waals surface area contributed by atoms with Crippen LogP contribution in [-0.2, 0) is 0 Å². The Balaban J connectivity index is 2.90. The molecule has 0 spiro atoms. The molecule has 2 unspecified atom stereocenters. The van der Waals surface area contributed by atoms with E-state index in [0.29, 0.717) is 5.92 Å². The molecule has 0 saturated heterocycles. The van der Waals surface area contributed by atoms with Crippen molar-refractivity contribution in [3.63, 3.8) is 0 Å². The lowest BCUT2D eigenvalue weighted by atomic mass is 9.91. The molecule has 0 aromatic heterocycles. The highest BCUT2D eigenvalue weighted by molar-refractivity contribution is 5.52. The zero-order valence-electron chi connectivity index (χ0n) is 15.4. The second kappa shape index (κ2) is 9.97. The average molecular weight is 365 g/mol. The van der Waals surface area contributed by atoms with Gasteiger partial charge in [0.2, 0.25) is 0 Å². The Hall–Kier alpha value is -1.33. The molecule has 0 amide bonds. The Labute approximate surface area is 147 Å². The summed E-state index contributed by atoms with van der Waals surface area (Å²) in [5.74, 6) is -5.73.